The molecule has 2 atom stereocenters. The van der Waals surface area contributed by atoms with E-state index in [2.05, 4.69) is 16.7 Å². The fourth-order valence-corrected chi connectivity index (χ4v) is 4.99. The number of carbonyl (C=O) groups is 3. The number of amides is 3. The standard InChI is InChI=1S/C30H41N3O4S/c1-19-16-20(2)18-22(17-19)26(27(34)31-24-11-9-8-10-21(24)3)33(23-12-13-23)28(35)25(14-15-38-7)32-29(36)37-30(4,5)6/h8-11,16-18,23,25-26H,12-15H2,1-7H3,(H,31,34)(H,32,36). The number of rotatable bonds is 10. The Balaban J connectivity index is 2.01. The third-order valence-corrected chi connectivity index (χ3v) is 6.93. The average Bonchev–Trinajstić information content (AvgIpc) is 3.64. The van der Waals surface area contributed by atoms with Crippen LogP contribution >= 0.6 is 11.8 Å². The number of benzene rings is 2. The predicted molar refractivity (Wildman–Crippen MR) is 154 cm³/mol. The van der Waals surface area contributed by atoms with Crippen LogP contribution in [0, 0.1) is 20.8 Å². The van der Waals surface area contributed by atoms with Crippen LogP contribution in [0.3, 0.4) is 0 Å². The first kappa shape index (κ1) is 29.6. The summed E-state index contributed by atoms with van der Waals surface area (Å²) in [7, 11) is 0. The Kier molecular flexibility index (Phi) is 9.88. The van der Waals surface area contributed by atoms with Crippen LogP contribution in [0.5, 0.6) is 0 Å². The lowest BCUT2D eigenvalue weighted by Crippen LogP contribution is -2.53. The minimum Gasteiger partial charge on any atom is -0.444 e. The first-order valence-corrected chi connectivity index (χ1v) is 14.5. The molecule has 0 radical (unpaired) electrons. The largest absolute Gasteiger partial charge is 0.444 e. The van der Waals surface area contributed by atoms with Crippen molar-refractivity contribution < 1.29 is 19.1 Å². The molecule has 0 aliphatic heterocycles. The minimum atomic E-state index is -0.842. The second-order valence-electron chi connectivity index (χ2n) is 11.1. The summed E-state index contributed by atoms with van der Waals surface area (Å²) in [5.74, 6) is 0.135. The van der Waals surface area contributed by atoms with Crippen molar-refractivity contribution in [3.8, 4) is 0 Å². The van der Waals surface area contributed by atoms with Gasteiger partial charge in [-0.3, -0.25) is 9.59 Å². The number of para-hydroxylation sites is 1. The van der Waals surface area contributed by atoms with Gasteiger partial charge in [0.15, 0.2) is 0 Å². The molecule has 206 valence electrons. The Morgan fingerprint density at radius 2 is 1.68 bits per heavy atom. The molecule has 2 aromatic rings. The van der Waals surface area contributed by atoms with Crippen molar-refractivity contribution in [2.45, 2.75) is 84.5 Å². The zero-order chi connectivity index (χ0) is 28.0. The summed E-state index contributed by atoms with van der Waals surface area (Å²) in [6.45, 7) is 11.3. The highest BCUT2D eigenvalue weighted by Gasteiger charge is 2.44. The summed E-state index contributed by atoms with van der Waals surface area (Å²) < 4.78 is 5.46. The van der Waals surface area contributed by atoms with Crippen LogP contribution in [-0.2, 0) is 14.3 Å². The van der Waals surface area contributed by atoms with Crippen molar-refractivity contribution in [2.75, 3.05) is 17.3 Å². The third-order valence-electron chi connectivity index (χ3n) is 6.28. The lowest BCUT2D eigenvalue weighted by atomic mass is 9.97. The Hall–Kier alpha value is -3.00. The molecule has 1 saturated carbocycles. The predicted octanol–water partition coefficient (Wildman–Crippen LogP) is 5.93. The van der Waals surface area contributed by atoms with E-state index >= 15 is 0 Å². The fraction of sp³-hybridized carbons (Fsp3) is 0.500. The summed E-state index contributed by atoms with van der Waals surface area (Å²) in [6.07, 6.45) is 3.38. The van der Waals surface area contributed by atoms with E-state index in [1.165, 1.54) is 0 Å². The topological polar surface area (TPSA) is 87.7 Å². The number of alkyl carbamates (subject to hydrolysis) is 1. The summed E-state index contributed by atoms with van der Waals surface area (Å²) in [5, 5.41) is 5.87. The van der Waals surface area contributed by atoms with Crippen LogP contribution in [0.25, 0.3) is 0 Å². The number of ether oxygens (including phenoxy) is 1. The molecular formula is C30H41N3O4S. The monoisotopic (exact) mass is 539 g/mol. The number of carbonyl (C=O) groups excluding carboxylic acids is 3. The molecule has 0 heterocycles. The van der Waals surface area contributed by atoms with Crippen molar-refractivity contribution in [1.29, 1.82) is 0 Å². The Labute approximate surface area is 231 Å². The molecule has 1 aliphatic carbocycles. The summed E-state index contributed by atoms with van der Waals surface area (Å²) in [5.41, 5.74) is 3.75. The second-order valence-corrected chi connectivity index (χ2v) is 12.1. The fourth-order valence-electron chi connectivity index (χ4n) is 4.51. The first-order valence-electron chi connectivity index (χ1n) is 13.1. The lowest BCUT2D eigenvalue weighted by molar-refractivity contribution is -0.141. The van der Waals surface area contributed by atoms with Gasteiger partial charge in [0.2, 0.25) is 5.91 Å². The van der Waals surface area contributed by atoms with E-state index < -0.39 is 23.8 Å². The van der Waals surface area contributed by atoms with Crippen molar-refractivity contribution in [3.05, 3.63) is 64.7 Å². The number of nitrogens with one attached hydrogen (secondary N) is 2. The van der Waals surface area contributed by atoms with E-state index in [1.54, 1.807) is 37.4 Å². The van der Waals surface area contributed by atoms with Crippen LogP contribution < -0.4 is 10.6 Å². The molecule has 0 bridgehead atoms. The van der Waals surface area contributed by atoms with Crippen molar-refractivity contribution in [1.82, 2.24) is 10.2 Å². The molecule has 0 saturated heterocycles. The summed E-state index contributed by atoms with van der Waals surface area (Å²) in [6, 6.07) is 11.9. The molecule has 0 aromatic heterocycles. The maximum atomic E-state index is 14.2. The molecule has 2 N–H and O–H groups in total. The highest BCUT2D eigenvalue weighted by molar-refractivity contribution is 7.98. The molecule has 3 rings (SSSR count). The zero-order valence-electron chi connectivity index (χ0n) is 23.6. The maximum Gasteiger partial charge on any atom is 0.408 e. The van der Waals surface area contributed by atoms with E-state index in [-0.39, 0.29) is 17.9 Å². The molecule has 1 aliphatic rings. The molecule has 0 spiro atoms. The Morgan fingerprint density at radius 1 is 1.05 bits per heavy atom. The molecule has 8 heteroatoms. The number of aryl methyl sites for hydroxylation is 3. The summed E-state index contributed by atoms with van der Waals surface area (Å²) >= 11 is 1.60. The van der Waals surface area contributed by atoms with Crippen LogP contribution in [0.1, 0.15) is 68.3 Å². The van der Waals surface area contributed by atoms with Gasteiger partial charge in [-0.15, -0.1) is 0 Å². The van der Waals surface area contributed by atoms with E-state index in [4.69, 9.17) is 4.74 Å². The second kappa shape index (κ2) is 12.7. The van der Waals surface area contributed by atoms with Crippen LogP contribution in [0.4, 0.5) is 10.5 Å². The number of nitrogens with zero attached hydrogens (tertiary/aromatic N) is 1. The van der Waals surface area contributed by atoms with Crippen LogP contribution in [-0.4, -0.2) is 52.5 Å². The van der Waals surface area contributed by atoms with Crippen LogP contribution in [0.15, 0.2) is 42.5 Å². The van der Waals surface area contributed by atoms with Crippen molar-refractivity contribution in [3.63, 3.8) is 0 Å². The van der Waals surface area contributed by atoms with Gasteiger partial charge in [-0.25, -0.2) is 4.79 Å². The average molecular weight is 540 g/mol. The normalized spacial score (nSPS) is 14.8. The van der Waals surface area contributed by atoms with Gasteiger partial charge >= 0.3 is 6.09 Å². The molecule has 3 amide bonds. The summed E-state index contributed by atoms with van der Waals surface area (Å²) in [4.78, 5) is 42.6. The maximum absolute atomic E-state index is 14.2. The third kappa shape index (κ3) is 8.25. The molecular weight excluding hydrogens is 498 g/mol. The van der Waals surface area contributed by atoms with E-state index in [0.29, 0.717) is 17.9 Å². The van der Waals surface area contributed by atoms with Crippen molar-refractivity contribution >= 4 is 35.4 Å². The van der Waals surface area contributed by atoms with Gasteiger partial charge in [-0.1, -0.05) is 47.5 Å². The van der Waals surface area contributed by atoms with E-state index in [9.17, 15) is 14.4 Å². The van der Waals surface area contributed by atoms with Gasteiger partial charge < -0.3 is 20.3 Å². The number of hydrogen-bond acceptors (Lipinski definition) is 5. The molecule has 2 aromatic carbocycles. The van der Waals surface area contributed by atoms with Gasteiger partial charge in [0.25, 0.3) is 5.91 Å². The van der Waals surface area contributed by atoms with E-state index in [0.717, 1.165) is 35.1 Å². The highest BCUT2D eigenvalue weighted by Crippen LogP contribution is 2.37. The highest BCUT2D eigenvalue weighted by atomic mass is 32.2. The molecule has 2 unspecified atom stereocenters. The van der Waals surface area contributed by atoms with Gasteiger partial charge in [-0.05, 0) is 90.0 Å². The first-order chi connectivity index (χ1) is 17.9. The van der Waals surface area contributed by atoms with E-state index in [1.807, 2.05) is 63.4 Å². The number of anilines is 1. The van der Waals surface area contributed by atoms with Crippen LogP contribution in [0.2, 0.25) is 0 Å². The molecule has 38 heavy (non-hydrogen) atoms. The lowest BCUT2D eigenvalue weighted by Gasteiger charge is -2.35. The van der Waals surface area contributed by atoms with Gasteiger partial charge in [0.05, 0.1) is 0 Å². The minimum absolute atomic E-state index is 0.0758. The smallest absolute Gasteiger partial charge is 0.408 e. The number of thioether (sulfide) groups is 1. The van der Waals surface area contributed by atoms with Crippen molar-refractivity contribution in [2.24, 2.45) is 0 Å². The Bertz CT molecular complexity index is 1140. The van der Waals surface area contributed by atoms with Gasteiger partial charge in [-0.2, -0.15) is 11.8 Å². The quantitative estimate of drug-likeness (QED) is 0.391. The molecule has 7 nitrogen and oxygen atoms in total. The number of hydrogen-bond donors (Lipinski definition) is 2. The van der Waals surface area contributed by atoms with Gasteiger partial charge in [0.1, 0.15) is 17.7 Å². The Morgan fingerprint density at radius 3 is 2.24 bits per heavy atom. The van der Waals surface area contributed by atoms with Gasteiger partial charge in [0, 0.05) is 11.7 Å². The molecule has 1 fully saturated rings. The SMILES string of the molecule is CSCCC(NC(=O)OC(C)(C)C)C(=O)N(C1CC1)C(C(=O)Nc1ccccc1C)c1cc(C)cc(C)c1. The zero-order valence-corrected chi connectivity index (χ0v) is 24.4.